The van der Waals surface area contributed by atoms with Gasteiger partial charge in [0.25, 0.3) is 5.69 Å². The second kappa shape index (κ2) is 5.69. The Morgan fingerprint density at radius 1 is 1.33 bits per heavy atom. The van der Waals surface area contributed by atoms with Crippen molar-refractivity contribution in [1.82, 2.24) is 0 Å². The number of halogens is 1. The Bertz CT molecular complexity index is 443. The number of rotatable bonds is 3. The molecule has 0 spiro atoms. The number of hydrogen-bond acceptors (Lipinski definition) is 3. The highest BCUT2D eigenvalue weighted by Crippen LogP contribution is 2.31. The van der Waals surface area contributed by atoms with Gasteiger partial charge in [0, 0.05) is 28.3 Å². The molecule has 5 heteroatoms. The van der Waals surface area contributed by atoms with Gasteiger partial charge in [0.05, 0.1) is 4.92 Å². The third-order valence-electron chi connectivity index (χ3n) is 3.54. The molecule has 2 rings (SSSR count). The molecule has 0 radical (unpaired) electrons. The van der Waals surface area contributed by atoms with Gasteiger partial charge in [-0.2, -0.15) is 0 Å². The number of non-ortho nitro benzene ring substituents is 1. The fourth-order valence-electron chi connectivity index (χ4n) is 2.36. The second-order valence-electron chi connectivity index (χ2n) is 5.02. The van der Waals surface area contributed by atoms with Crippen molar-refractivity contribution in [3.05, 3.63) is 32.8 Å². The molecule has 1 aromatic rings. The molecule has 0 amide bonds. The van der Waals surface area contributed by atoms with Crippen LogP contribution in [0.25, 0.3) is 0 Å². The molecule has 0 aromatic heterocycles. The largest absolute Gasteiger partial charge is 0.381 e. The Labute approximate surface area is 115 Å². The average molecular weight is 313 g/mol. The van der Waals surface area contributed by atoms with Gasteiger partial charge in [0.1, 0.15) is 0 Å². The maximum Gasteiger partial charge on any atom is 0.270 e. The first-order chi connectivity index (χ1) is 8.56. The lowest BCUT2D eigenvalue weighted by Gasteiger charge is -2.28. The van der Waals surface area contributed by atoms with Crippen LogP contribution in [0.2, 0.25) is 0 Å². The van der Waals surface area contributed by atoms with Crippen LogP contribution in [-0.4, -0.2) is 11.0 Å². The van der Waals surface area contributed by atoms with Crippen LogP contribution in [0.15, 0.2) is 22.7 Å². The first-order valence-corrected chi connectivity index (χ1v) is 7.06. The molecule has 1 fully saturated rings. The van der Waals surface area contributed by atoms with E-state index in [0.717, 1.165) is 16.1 Å². The number of nitro benzene ring substituents is 1. The molecule has 1 N–H and O–H groups in total. The third kappa shape index (κ3) is 3.22. The fourth-order valence-corrected chi connectivity index (χ4v) is 2.84. The molecule has 1 aromatic carbocycles. The predicted octanol–water partition coefficient (Wildman–Crippen LogP) is 4.35. The minimum Gasteiger partial charge on any atom is -0.381 e. The summed E-state index contributed by atoms with van der Waals surface area (Å²) in [5.41, 5.74) is 1.06. The van der Waals surface area contributed by atoms with E-state index in [2.05, 4.69) is 28.2 Å². The van der Waals surface area contributed by atoms with E-state index in [4.69, 9.17) is 0 Å². The van der Waals surface area contributed by atoms with E-state index < -0.39 is 0 Å². The highest BCUT2D eigenvalue weighted by molar-refractivity contribution is 9.10. The molecular weight excluding hydrogens is 296 g/mol. The first kappa shape index (κ1) is 13.3. The van der Waals surface area contributed by atoms with Crippen molar-refractivity contribution in [1.29, 1.82) is 0 Å². The van der Waals surface area contributed by atoms with Crippen molar-refractivity contribution in [3.8, 4) is 0 Å². The van der Waals surface area contributed by atoms with E-state index in [9.17, 15) is 10.1 Å². The molecular formula is C13H17BrN2O2. The van der Waals surface area contributed by atoms with Gasteiger partial charge in [0.15, 0.2) is 0 Å². The summed E-state index contributed by atoms with van der Waals surface area (Å²) >= 11 is 3.39. The number of benzene rings is 1. The van der Waals surface area contributed by atoms with Crippen LogP contribution >= 0.6 is 15.9 Å². The molecule has 1 aliphatic carbocycles. The monoisotopic (exact) mass is 312 g/mol. The van der Waals surface area contributed by atoms with E-state index in [1.165, 1.54) is 25.7 Å². The molecule has 4 nitrogen and oxygen atoms in total. The van der Waals surface area contributed by atoms with Crippen molar-refractivity contribution in [3.63, 3.8) is 0 Å². The smallest absolute Gasteiger partial charge is 0.270 e. The molecule has 0 unspecified atom stereocenters. The maximum absolute atomic E-state index is 10.7. The van der Waals surface area contributed by atoms with Crippen LogP contribution in [-0.2, 0) is 0 Å². The Morgan fingerprint density at radius 3 is 2.56 bits per heavy atom. The lowest BCUT2D eigenvalue weighted by Crippen LogP contribution is -2.25. The minimum atomic E-state index is -0.378. The van der Waals surface area contributed by atoms with Crippen molar-refractivity contribution in [2.24, 2.45) is 5.92 Å². The summed E-state index contributed by atoms with van der Waals surface area (Å²) in [6.07, 6.45) is 4.85. The quantitative estimate of drug-likeness (QED) is 0.667. The van der Waals surface area contributed by atoms with Gasteiger partial charge in [0.2, 0.25) is 0 Å². The fraction of sp³-hybridized carbons (Fsp3) is 0.538. The molecule has 18 heavy (non-hydrogen) atoms. The van der Waals surface area contributed by atoms with Gasteiger partial charge in [-0.15, -0.1) is 0 Å². The van der Waals surface area contributed by atoms with Crippen LogP contribution in [0.3, 0.4) is 0 Å². The Hall–Kier alpha value is -1.10. The van der Waals surface area contributed by atoms with Crippen molar-refractivity contribution >= 4 is 27.3 Å². The lowest BCUT2D eigenvalue weighted by molar-refractivity contribution is -0.384. The summed E-state index contributed by atoms with van der Waals surface area (Å²) in [5.74, 6) is 0.823. The SMILES string of the molecule is C[C@H]1CC[C@H](Nc2ccc([N+](=O)[O-])cc2Br)CC1. The molecule has 98 valence electrons. The first-order valence-electron chi connectivity index (χ1n) is 6.26. The molecule has 0 aliphatic heterocycles. The predicted molar refractivity (Wildman–Crippen MR) is 75.8 cm³/mol. The summed E-state index contributed by atoms with van der Waals surface area (Å²) in [7, 11) is 0. The van der Waals surface area contributed by atoms with Gasteiger partial charge >= 0.3 is 0 Å². The maximum atomic E-state index is 10.7. The molecule has 0 atom stereocenters. The highest BCUT2D eigenvalue weighted by atomic mass is 79.9. The van der Waals surface area contributed by atoms with E-state index in [-0.39, 0.29) is 10.6 Å². The van der Waals surface area contributed by atoms with E-state index in [1.807, 2.05) is 0 Å². The van der Waals surface area contributed by atoms with E-state index in [0.29, 0.717) is 6.04 Å². The van der Waals surface area contributed by atoms with Gasteiger partial charge in [-0.25, -0.2) is 0 Å². The Balaban J connectivity index is 2.03. The minimum absolute atomic E-state index is 0.115. The second-order valence-corrected chi connectivity index (χ2v) is 5.88. The van der Waals surface area contributed by atoms with Gasteiger partial charge in [-0.3, -0.25) is 10.1 Å². The molecule has 0 saturated heterocycles. The van der Waals surface area contributed by atoms with Crippen molar-refractivity contribution < 1.29 is 4.92 Å². The zero-order valence-electron chi connectivity index (χ0n) is 10.4. The van der Waals surface area contributed by atoms with E-state index in [1.54, 1.807) is 18.2 Å². The number of nitrogens with zero attached hydrogens (tertiary/aromatic N) is 1. The number of hydrogen-bond donors (Lipinski definition) is 1. The average Bonchev–Trinajstić information content (AvgIpc) is 2.34. The standard InChI is InChI=1S/C13H17BrN2O2/c1-9-2-4-10(5-3-9)15-13-7-6-11(16(17)18)8-12(13)14/h6-10,15H,2-5H2,1H3/t9-,10-. The molecule has 0 bridgehead atoms. The molecule has 0 heterocycles. The van der Waals surface area contributed by atoms with Gasteiger partial charge in [-0.1, -0.05) is 6.92 Å². The topological polar surface area (TPSA) is 55.2 Å². The Morgan fingerprint density at radius 2 is 2.00 bits per heavy atom. The normalized spacial score (nSPS) is 23.7. The summed E-state index contributed by atoms with van der Waals surface area (Å²) in [5, 5.41) is 14.1. The van der Waals surface area contributed by atoms with E-state index >= 15 is 0 Å². The number of nitro groups is 1. The zero-order valence-corrected chi connectivity index (χ0v) is 11.9. The highest BCUT2D eigenvalue weighted by Gasteiger charge is 2.19. The van der Waals surface area contributed by atoms with Crippen LogP contribution in [0, 0.1) is 16.0 Å². The summed E-state index contributed by atoms with van der Waals surface area (Å²) < 4.78 is 0.760. The summed E-state index contributed by atoms with van der Waals surface area (Å²) in [6.45, 7) is 2.29. The van der Waals surface area contributed by atoms with Gasteiger partial charge < -0.3 is 5.32 Å². The van der Waals surface area contributed by atoms with Crippen molar-refractivity contribution in [2.75, 3.05) is 5.32 Å². The van der Waals surface area contributed by atoms with Crippen LogP contribution in [0.5, 0.6) is 0 Å². The van der Waals surface area contributed by atoms with Gasteiger partial charge in [-0.05, 0) is 53.6 Å². The van der Waals surface area contributed by atoms with Crippen LogP contribution in [0.4, 0.5) is 11.4 Å². The van der Waals surface area contributed by atoms with Crippen LogP contribution < -0.4 is 5.32 Å². The third-order valence-corrected chi connectivity index (χ3v) is 4.20. The summed E-state index contributed by atoms with van der Waals surface area (Å²) in [6, 6.07) is 5.35. The van der Waals surface area contributed by atoms with Crippen LogP contribution in [0.1, 0.15) is 32.6 Å². The van der Waals surface area contributed by atoms with Crippen molar-refractivity contribution in [2.45, 2.75) is 38.6 Å². The molecule has 1 saturated carbocycles. The Kier molecular flexibility index (Phi) is 4.22. The summed E-state index contributed by atoms with van der Waals surface area (Å²) in [4.78, 5) is 10.3. The lowest BCUT2D eigenvalue weighted by atomic mass is 9.87. The number of anilines is 1. The number of nitrogens with one attached hydrogen (secondary N) is 1. The zero-order chi connectivity index (χ0) is 13.1. The molecule has 1 aliphatic rings.